The summed E-state index contributed by atoms with van der Waals surface area (Å²) in [6.07, 6.45) is 0.689. The molecule has 0 aromatic heterocycles. The number of rotatable bonds is 4. The Morgan fingerprint density at radius 1 is 1.36 bits per heavy atom. The quantitative estimate of drug-likeness (QED) is 0.759. The van der Waals surface area contributed by atoms with E-state index in [1.54, 1.807) is 12.1 Å². The van der Waals surface area contributed by atoms with Crippen LogP contribution in [0.1, 0.15) is 31.9 Å². The van der Waals surface area contributed by atoms with Gasteiger partial charge < -0.3 is 14.8 Å². The Morgan fingerprint density at radius 2 is 2.12 bits per heavy atom. The van der Waals surface area contributed by atoms with Gasteiger partial charge in [0.2, 0.25) is 0 Å². The molecule has 0 saturated heterocycles. The SMILES string of the molecule is CC1(C)CC(NC(=O)COc2ccc(Br)cc2Cl)c2ccccc2O1. The standard InChI is InChI=1S/C19H19BrClNO3/c1-19(2)10-15(13-5-3-4-6-16(13)25-19)22-18(23)11-24-17-8-7-12(20)9-14(17)21/h3-9,15H,10-11H2,1-2H3,(H,22,23). The Labute approximate surface area is 160 Å². The summed E-state index contributed by atoms with van der Waals surface area (Å²) in [4.78, 5) is 12.4. The molecule has 0 saturated carbocycles. The number of amides is 1. The first-order valence-corrected chi connectivity index (χ1v) is 9.16. The van der Waals surface area contributed by atoms with Crippen molar-refractivity contribution < 1.29 is 14.3 Å². The highest BCUT2D eigenvalue weighted by Gasteiger charge is 2.34. The average Bonchev–Trinajstić information content (AvgIpc) is 2.53. The molecular weight excluding hydrogens is 406 g/mol. The van der Waals surface area contributed by atoms with Crippen LogP contribution in [0.15, 0.2) is 46.9 Å². The molecule has 2 aromatic rings. The molecule has 2 aromatic carbocycles. The van der Waals surface area contributed by atoms with Crippen molar-refractivity contribution in [3.8, 4) is 11.5 Å². The second kappa shape index (κ2) is 7.26. The van der Waals surface area contributed by atoms with Crippen molar-refractivity contribution in [2.24, 2.45) is 0 Å². The van der Waals surface area contributed by atoms with E-state index in [0.717, 1.165) is 15.8 Å². The largest absolute Gasteiger partial charge is 0.487 e. The van der Waals surface area contributed by atoms with Crippen LogP contribution in [-0.2, 0) is 4.79 Å². The van der Waals surface area contributed by atoms with Crippen molar-refractivity contribution in [2.75, 3.05) is 6.61 Å². The molecule has 0 radical (unpaired) electrons. The number of hydrogen-bond acceptors (Lipinski definition) is 3. The van der Waals surface area contributed by atoms with Crippen LogP contribution in [0.5, 0.6) is 11.5 Å². The van der Waals surface area contributed by atoms with Crippen molar-refractivity contribution in [3.05, 3.63) is 57.5 Å². The fraction of sp³-hybridized carbons (Fsp3) is 0.316. The molecule has 1 unspecified atom stereocenters. The van der Waals surface area contributed by atoms with Crippen LogP contribution >= 0.6 is 27.5 Å². The Hall–Kier alpha value is -1.72. The van der Waals surface area contributed by atoms with Crippen molar-refractivity contribution in [1.29, 1.82) is 0 Å². The minimum atomic E-state index is -0.345. The van der Waals surface area contributed by atoms with Gasteiger partial charge in [0.25, 0.3) is 5.91 Å². The first-order chi connectivity index (χ1) is 11.8. The summed E-state index contributed by atoms with van der Waals surface area (Å²) in [5.41, 5.74) is 0.638. The highest BCUT2D eigenvalue weighted by Crippen LogP contribution is 2.39. The number of halogens is 2. The van der Waals surface area contributed by atoms with Gasteiger partial charge in [0.1, 0.15) is 17.1 Å². The van der Waals surface area contributed by atoms with Crippen LogP contribution in [0, 0.1) is 0 Å². The zero-order chi connectivity index (χ0) is 18.0. The topological polar surface area (TPSA) is 47.6 Å². The Kier molecular flexibility index (Phi) is 5.25. The summed E-state index contributed by atoms with van der Waals surface area (Å²) >= 11 is 9.44. The van der Waals surface area contributed by atoms with Gasteiger partial charge in [-0.15, -0.1) is 0 Å². The number of carbonyl (C=O) groups is 1. The molecule has 6 heteroatoms. The maximum atomic E-state index is 12.4. The molecule has 1 heterocycles. The fourth-order valence-corrected chi connectivity index (χ4v) is 3.63. The van der Waals surface area contributed by atoms with E-state index in [0.29, 0.717) is 17.2 Å². The number of hydrogen-bond donors (Lipinski definition) is 1. The third-order valence-electron chi connectivity index (χ3n) is 3.96. The maximum absolute atomic E-state index is 12.4. The summed E-state index contributed by atoms with van der Waals surface area (Å²) in [5, 5.41) is 3.49. The molecule has 1 atom stereocenters. The molecule has 3 rings (SSSR count). The predicted molar refractivity (Wildman–Crippen MR) is 101 cm³/mol. The van der Waals surface area contributed by atoms with Crippen LogP contribution < -0.4 is 14.8 Å². The second-order valence-corrected chi connectivity index (χ2v) is 7.91. The lowest BCUT2D eigenvalue weighted by Crippen LogP contribution is -2.42. The van der Waals surface area contributed by atoms with Crippen molar-refractivity contribution >= 4 is 33.4 Å². The number of carbonyl (C=O) groups excluding carboxylic acids is 1. The highest BCUT2D eigenvalue weighted by atomic mass is 79.9. The van der Waals surface area contributed by atoms with Crippen molar-refractivity contribution in [1.82, 2.24) is 5.32 Å². The van der Waals surface area contributed by atoms with Gasteiger partial charge in [-0.2, -0.15) is 0 Å². The van der Waals surface area contributed by atoms with Gasteiger partial charge in [-0.3, -0.25) is 4.79 Å². The summed E-state index contributed by atoms with van der Waals surface area (Å²) in [6, 6.07) is 12.9. The van der Waals surface area contributed by atoms with Crippen molar-refractivity contribution in [2.45, 2.75) is 31.9 Å². The number of fused-ring (bicyclic) bond motifs is 1. The monoisotopic (exact) mass is 423 g/mol. The number of benzene rings is 2. The van der Waals surface area contributed by atoms with Gasteiger partial charge in [0.05, 0.1) is 11.1 Å². The van der Waals surface area contributed by atoms with Gasteiger partial charge in [0.15, 0.2) is 6.61 Å². The first kappa shape index (κ1) is 18.1. The van der Waals surface area contributed by atoms with Crippen LogP contribution in [0.4, 0.5) is 0 Å². The number of nitrogens with one attached hydrogen (secondary N) is 1. The molecule has 0 bridgehead atoms. The van der Waals surface area contributed by atoms with E-state index in [-0.39, 0.29) is 24.2 Å². The van der Waals surface area contributed by atoms with E-state index in [1.165, 1.54) is 0 Å². The van der Waals surface area contributed by atoms with Gasteiger partial charge >= 0.3 is 0 Å². The minimum Gasteiger partial charge on any atom is -0.487 e. The molecule has 25 heavy (non-hydrogen) atoms. The van der Waals surface area contributed by atoms with Gasteiger partial charge in [0, 0.05) is 16.5 Å². The Morgan fingerprint density at radius 3 is 2.88 bits per heavy atom. The minimum absolute atomic E-state index is 0.0959. The fourth-order valence-electron chi connectivity index (χ4n) is 2.90. The zero-order valence-corrected chi connectivity index (χ0v) is 16.4. The summed E-state index contributed by atoms with van der Waals surface area (Å²) in [5.74, 6) is 1.09. The summed E-state index contributed by atoms with van der Waals surface area (Å²) in [7, 11) is 0. The van der Waals surface area contributed by atoms with E-state index in [4.69, 9.17) is 21.1 Å². The van der Waals surface area contributed by atoms with Gasteiger partial charge in [-0.05, 0) is 38.1 Å². The number of ether oxygens (including phenoxy) is 2. The molecule has 4 nitrogen and oxygen atoms in total. The molecule has 1 aliphatic heterocycles. The molecule has 0 spiro atoms. The van der Waals surface area contributed by atoms with Gasteiger partial charge in [-0.1, -0.05) is 45.7 Å². The molecule has 1 amide bonds. The lowest BCUT2D eigenvalue weighted by atomic mass is 9.90. The zero-order valence-electron chi connectivity index (χ0n) is 14.0. The summed E-state index contributed by atoms with van der Waals surface area (Å²) < 4.78 is 12.4. The molecule has 1 aliphatic rings. The lowest BCUT2D eigenvalue weighted by molar-refractivity contribution is -0.124. The maximum Gasteiger partial charge on any atom is 0.258 e. The van der Waals surface area contributed by atoms with E-state index >= 15 is 0 Å². The lowest BCUT2D eigenvalue weighted by Gasteiger charge is -2.37. The highest BCUT2D eigenvalue weighted by molar-refractivity contribution is 9.10. The predicted octanol–water partition coefficient (Wildman–Crippen LogP) is 4.90. The van der Waals surface area contributed by atoms with E-state index in [9.17, 15) is 4.79 Å². The Balaban J connectivity index is 1.66. The average molecular weight is 425 g/mol. The van der Waals surface area contributed by atoms with Crippen LogP contribution in [0.3, 0.4) is 0 Å². The molecule has 1 N–H and O–H groups in total. The van der Waals surface area contributed by atoms with Gasteiger partial charge in [-0.25, -0.2) is 0 Å². The number of para-hydroxylation sites is 1. The second-order valence-electron chi connectivity index (χ2n) is 6.59. The van der Waals surface area contributed by atoms with Crippen molar-refractivity contribution in [3.63, 3.8) is 0 Å². The molecular formula is C19H19BrClNO3. The third kappa shape index (κ3) is 4.47. The summed E-state index contributed by atoms with van der Waals surface area (Å²) in [6.45, 7) is 3.93. The smallest absolute Gasteiger partial charge is 0.258 e. The molecule has 132 valence electrons. The van der Waals surface area contributed by atoms with Crippen LogP contribution in [0.2, 0.25) is 5.02 Å². The van der Waals surface area contributed by atoms with E-state index < -0.39 is 0 Å². The van der Waals surface area contributed by atoms with E-state index in [1.807, 2.05) is 44.2 Å². The molecule has 0 aliphatic carbocycles. The van der Waals surface area contributed by atoms with E-state index in [2.05, 4.69) is 21.2 Å². The first-order valence-electron chi connectivity index (χ1n) is 7.99. The molecule has 0 fully saturated rings. The Bertz CT molecular complexity index is 794. The van der Waals surface area contributed by atoms with Crippen LogP contribution in [-0.4, -0.2) is 18.1 Å². The van der Waals surface area contributed by atoms with Crippen LogP contribution in [0.25, 0.3) is 0 Å². The third-order valence-corrected chi connectivity index (χ3v) is 4.75. The normalized spacial score (nSPS) is 18.0.